The maximum absolute atomic E-state index is 12.6. The molecule has 6 nitrogen and oxygen atoms in total. The van der Waals surface area contributed by atoms with E-state index in [1.165, 1.54) is 405 Å². The minimum absolute atomic E-state index is 0.0227. The van der Waals surface area contributed by atoms with Gasteiger partial charge >= 0.3 is 5.97 Å². The van der Waals surface area contributed by atoms with E-state index in [-0.39, 0.29) is 18.5 Å². The van der Waals surface area contributed by atoms with E-state index in [9.17, 15) is 19.8 Å². The molecule has 0 fully saturated rings. The molecule has 0 aliphatic carbocycles. The molecule has 6 heteroatoms. The maximum atomic E-state index is 12.6. The smallest absolute Gasteiger partial charge is 0.305 e. The van der Waals surface area contributed by atoms with Crippen LogP contribution in [0.1, 0.15) is 476 Å². The lowest BCUT2D eigenvalue weighted by molar-refractivity contribution is -0.143. The molecule has 0 aliphatic heterocycles. The lowest BCUT2D eigenvalue weighted by Gasteiger charge is -2.22. The summed E-state index contributed by atoms with van der Waals surface area (Å²) in [4.78, 5) is 24.7. The van der Waals surface area contributed by atoms with Gasteiger partial charge in [0.25, 0.3) is 0 Å². The van der Waals surface area contributed by atoms with Crippen molar-refractivity contribution >= 4 is 11.9 Å². The molecule has 524 valence electrons. The Kier molecular flexibility index (Phi) is 76.8. The summed E-state index contributed by atoms with van der Waals surface area (Å²) in [5, 5.41) is 23.4. The molecule has 0 rings (SSSR count). The molecule has 0 bridgehead atoms. The Labute approximate surface area is 552 Å². The highest BCUT2D eigenvalue weighted by molar-refractivity contribution is 5.76. The maximum Gasteiger partial charge on any atom is 0.305 e. The van der Waals surface area contributed by atoms with Crippen molar-refractivity contribution in [1.29, 1.82) is 0 Å². The first kappa shape index (κ1) is 86.6. The van der Waals surface area contributed by atoms with E-state index in [0.29, 0.717) is 25.9 Å². The number of aliphatic hydroxyl groups is 2. The highest BCUT2D eigenvalue weighted by Gasteiger charge is 2.20. The number of hydrogen-bond acceptors (Lipinski definition) is 5. The van der Waals surface area contributed by atoms with Crippen molar-refractivity contribution in [3.8, 4) is 0 Å². The first-order valence-corrected chi connectivity index (χ1v) is 40.9. The predicted molar refractivity (Wildman–Crippen MR) is 389 cm³/mol. The van der Waals surface area contributed by atoms with Gasteiger partial charge < -0.3 is 20.3 Å². The minimum atomic E-state index is -0.661. The van der Waals surface area contributed by atoms with Crippen LogP contribution in [0.5, 0.6) is 0 Å². The molecule has 0 aliphatic rings. The van der Waals surface area contributed by atoms with Gasteiger partial charge in [-0.1, -0.05) is 424 Å². The van der Waals surface area contributed by atoms with Crippen LogP contribution in [-0.2, 0) is 14.3 Å². The second-order valence-corrected chi connectivity index (χ2v) is 28.5. The van der Waals surface area contributed by atoms with Crippen LogP contribution < -0.4 is 5.32 Å². The average Bonchev–Trinajstić information content (AvgIpc) is 3.58. The Morgan fingerprint density at radius 2 is 0.534 bits per heavy atom. The van der Waals surface area contributed by atoms with E-state index < -0.39 is 12.1 Å². The van der Waals surface area contributed by atoms with Gasteiger partial charge in [0.15, 0.2) is 0 Å². The van der Waals surface area contributed by atoms with Crippen molar-refractivity contribution in [1.82, 2.24) is 5.32 Å². The van der Waals surface area contributed by atoms with Gasteiger partial charge in [-0.05, 0) is 51.4 Å². The topological polar surface area (TPSA) is 95.9 Å². The van der Waals surface area contributed by atoms with E-state index in [2.05, 4.69) is 31.3 Å². The zero-order valence-electron chi connectivity index (χ0n) is 60.3. The molecule has 0 spiro atoms. The molecule has 88 heavy (non-hydrogen) atoms. The van der Waals surface area contributed by atoms with Crippen LogP contribution in [0.4, 0.5) is 0 Å². The van der Waals surface area contributed by atoms with E-state index in [4.69, 9.17) is 4.74 Å². The molecule has 1 amide bonds. The van der Waals surface area contributed by atoms with Crippen molar-refractivity contribution in [2.75, 3.05) is 13.2 Å². The van der Waals surface area contributed by atoms with Crippen LogP contribution in [-0.4, -0.2) is 47.4 Å². The summed E-state index contributed by atoms with van der Waals surface area (Å²) in [5.74, 6) is -0.00208. The first-order chi connectivity index (χ1) is 43.5. The van der Waals surface area contributed by atoms with E-state index in [0.717, 1.165) is 38.5 Å². The molecule has 0 radical (unpaired) electrons. The van der Waals surface area contributed by atoms with Crippen molar-refractivity contribution in [2.45, 2.75) is 488 Å². The second kappa shape index (κ2) is 78.0. The summed E-state index contributed by atoms with van der Waals surface area (Å²) in [6, 6.07) is -0.538. The molecular formula is C82H161NO5. The number of amides is 1. The Balaban J connectivity index is 3.30. The molecule has 0 saturated carbocycles. The zero-order valence-corrected chi connectivity index (χ0v) is 60.3. The molecule has 0 aromatic rings. The van der Waals surface area contributed by atoms with E-state index in [1.807, 2.05) is 0 Å². The van der Waals surface area contributed by atoms with E-state index >= 15 is 0 Å². The van der Waals surface area contributed by atoms with Gasteiger partial charge in [-0.25, -0.2) is 0 Å². The number of hydrogen-bond donors (Lipinski definition) is 3. The number of aliphatic hydroxyl groups excluding tert-OH is 2. The summed E-state index contributed by atoms with van der Waals surface area (Å²) in [6.45, 7) is 5.01. The molecular weight excluding hydrogens is 1080 g/mol. The average molecular weight is 1240 g/mol. The number of unbranched alkanes of at least 4 members (excludes halogenated alkanes) is 65. The van der Waals surface area contributed by atoms with Crippen molar-refractivity contribution in [3.05, 3.63) is 12.2 Å². The van der Waals surface area contributed by atoms with Gasteiger partial charge in [0.1, 0.15) is 0 Å². The quantitative estimate of drug-likeness (QED) is 0.0320. The number of allylic oxidation sites excluding steroid dienone is 2. The standard InChI is InChI=1S/C82H161NO5/c1-3-5-7-9-11-13-15-17-19-21-38-42-46-50-54-58-62-66-70-74-80(85)79(78-84)83-81(86)75-71-67-63-59-55-51-47-43-40-36-34-32-30-28-26-24-23-25-27-29-31-33-35-37-41-45-49-53-57-61-65-69-73-77-88-82(87)76-72-68-64-60-56-52-48-44-39-22-20-18-16-14-12-10-8-6-4-2/h18,20,79-80,84-85H,3-17,19,21-78H2,1-2H3,(H,83,86)/b20-18-. The van der Waals surface area contributed by atoms with Crippen molar-refractivity contribution in [3.63, 3.8) is 0 Å². The first-order valence-electron chi connectivity index (χ1n) is 40.9. The summed E-state index contributed by atoms with van der Waals surface area (Å²) in [7, 11) is 0. The van der Waals surface area contributed by atoms with Crippen LogP contribution in [0.25, 0.3) is 0 Å². The van der Waals surface area contributed by atoms with Crippen LogP contribution >= 0.6 is 0 Å². The number of ether oxygens (including phenoxy) is 1. The number of carbonyl (C=O) groups excluding carboxylic acids is 2. The Morgan fingerprint density at radius 1 is 0.307 bits per heavy atom. The molecule has 2 unspecified atom stereocenters. The Bertz CT molecular complexity index is 1340. The molecule has 3 N–H and O–H groups in total. The second-order valence-electron chi connectivity index (χ2n) is 28.5. The summed E-state index contributed by atoms with van der Waals surface area (Å²) >= 11 is 0. The molecule has 0 aromatic carbocycles. The number of carbonyl (C=O) groups is 2. The Morgan fingerprint density at radius 3 is 0.807 bits per heavy atom. The normalized spacial score (nSPS) is 12.5. The summed E-state index contributed by atoms with van der Waals surface area (Å²) in [6.07, 6.45) is 98.9. The van der Waals surface area contributed by atoms with Crippen LogP contribution in [0.2, 0.25) is 0 Å². The number of esters is 1. The zero-order chi connectivity index (χ0) is 63.5. The number of nitrogens with one attached hydrogen (secondary N) is 1. The predicted octanol–water partition coefficient (Wildman–Crippen LogP) is 27.1. The fraction of sp³-hybridized carbons (Fsp3) is 0.951. The third-order valence-electron chi connectivity index (χ3n) is 19.6. The van der Waals surface area contributed by atoms with Gasteiger partial charge in [0, 0.05) is 12.8 Å². The van der Waals surface area contributed by atoms with Crippen LogP contribution in [0.3, 0.4) is 0 Å². The van der Waals surface area contributed by atoms with E-state index in [1.54, 1.807) is 0 Å². The lowest BCUT2D eigenvalue weighted by Crippen LogP contribution is -2.45. The molecule has 0 heterocycles. The largest absolute Gasteiger partial charge is 0.466 e. The van der Waals surface area contributed by atoms with Crippen molar-refractivity contribution in [2.24, 2.45) is 0 Å². The summed E-state index contributed by atoms with van der Waals surface area (Å²) in [5.41, 5.74) is 0. The SMILES string of the molecule is CCCCCCCC/C=C\CCCCCCCCCCCC(=O)OCCCCCCCCCCCCCCCCCCCCCCCCCCCCCCCCCCCC(=O)NC(CO)C(O)CCCCCCCCCCCCCCCCCCCCC. The van der Waals surface area contributed by atoms with Crippen LogP contribution in [0, 0.1) is 0 Å². The third-order valence-corrected chi connectivity index (χ3v) is 19.6. The molecule has 2 atom stereocenters. The van der Waals surface area contributed by atoms with Gasteiger partial charge in [0.2, 0.25) is 5.91 Å². The van der Waals surface area contributed by atoms with Gasteiger partial charge in [-0.3, -0.25) is 9.59 Å². The van der Waals surface area contributed by atoms with Gasteiger partial charge in [-0.15, -0.1) is 0 Å². The highest BCUT2D eigenvalue weighted by atomic mass is 16.5. The third kappa shape index (κ3) is 73.6. The summed E-state index contributed by atoms with van der Waals surface area (Å²) < 4.78 is 5.52. The lowest BCUT2D eigenvalue weighted by atomic mass is 10.0. The highest BCUT2D eigenvalue weighted by Crippen LogP contribution is 2.21. The molecule has 0 saturated heterocycles. The van der Waals surface area contributed by atoms with Crippen molar-refractivity contribution < 1.29 is 24.5 Å². The Hall–Kier alpha value is -1.40. The number of rotatable bonds is 78. The van der Waals surface area contributed by atoms with Crippen LogP contribution in [0.15, 0.2) is 12.2 Å². The minimum Gasteiger partial charge on any atom is -0.466 e. The monoisotopic (exact) mass is 1240 g/mol. The van der Waals surface area contributed by atoms with Gasteiger partial charge in [0.05, 0.1) is 25.4 Å². The molecule has 0 aromatic heterocycles. The van der Waals surface area contributed by atoms with Gasteiger partial charge in [-0.2, -0.15) is 0 Å². The fourth-order valence-corrected chi connectivity index (χ4v) is 13.3. The fourth-order valence-electron chi connectivity index (χ4n) is 13.3.